The molecule has 0 bridgehead atoms. The minimum Gasteiger partial charge on any atom is -0.492 e. The highest BCUT2D eigenvalue weighted by Crippen LogP contribution is 2.28. The molecule has 1 aromatic heterocycles. The monoisotopic (exact) mass is 503 g/mol. The van der Waals surface area contributed by atoms with E-state index in [0.29, 0.717) is 28.2 Å². The van der Waals surface area contributed by atoms with Crippen molar-refractivity contribution in [1.29, 1.82) is 0 Å². The number of amides is 1. The first-order chi connectivity index (χ1) is 14.4. The number of aryl methyl sites for hydroxylation is 1. The predicted molar refractivity (Wildman–Crippen MR) is 128 cm³/mol. The summed E-state index contributed by atoms with van der Waals surface area (Å²) in [5, 5.41) is 5.06. The van der Waals surface area contributed by atoms with Crippen molar-refractivity contribution in [2.24, 2.45) is 0 Å². The van der Waals surface area contributed by atoms with Crippen molar-refractivity contribution >= 4 is 67.7 Å². The molecule has 1 aliphatic heterocycles. The Morgan fingerprint density at radius 1 is 1.27 bits per heavy atom. The summed E-state index contributed by atoms with van der Waals surface area (Å²) in [5.74, 6) is 0.556. The number of ether oxygens (including phenoxy) is 1. The minimum absolute atomic E-state index is 0.135. The highest BCUT2D eigenvalue weighted by molar-refractivity contribution is 9.10. The second-order valence-corrected chi connectivity index (χ2v) is 8.63. The number of nitrogens with one attached hydrogen (secondary N) is 1. The molecule has 1 aliphatic rings. The van der Waals surface area contributed by atoms with E-state index in [1.165, 1.54) is 4.90 Å². The molecule has 0 radical (unpaired) electrons. The van der Waals surface area contributed by atoms with E-state index < -0.39 is 0 Å². The number of thiocarbonyl (C=S) groups is 1. The van der Waals surface area contributed by atoms with Crippen LogP contribution >= 0.6 is 39.7 Å². The third-order valence-electron chi connectivity index (χ3n) is 4.89. The van der Waals surface area contributed by atoms with Gasteiger partial charge < -0.3 is 14.6 Å². The van der Waals surface area contributed by atoms with Crippen LogP contribution in [0.1, 0.15) is 12.0 Å². The molecular formula is C22H19BrClN3O2S. The molecule has 5 nitrogen and oxygen atoms in total. The second kappa shape index (κ2) is 8.79. The Labute approximate surface area is 193 Å². The first kappa shape index (κ1) is 20.9. The fourth-order valence-corrected chi connectivity index (χ4v) is 4.10. The van der Waals surface area contributed by atoms with Crippen molar-refractivity contribution < 1.29 is 9.53 Å². The number of likely N-dealkylation sites (N-methyl/N-ethyl adjacent to an activating group) is 1. The lowest BCUT2D eigenvalue weighted by Crippen LogP contribution is -2.25. The third kappa shape index (κ3) is 4.24. The Morgan fingerprint density at radius 3 is 2.80 bits per heavy atom. The second-order valence-electron chi connectivity index (χ2n) is 6.92. The largest absolute Gasteiger partial charge is 0.492 e. The highest BCUT2D eigenvalue weighted by atomic mass is 79.9. The Kier molecular flexibility index (Phi) is 6.13. The average molecular weight is 505 g/mol. The number of carbonyl (C=O) groups is 1. The smallest absolute Gasteiger partial charge is 0.276 e. The van der Waals surface area contributed by atoms with Gasteiger partial charge in [0.25, 0.3) is 5.91 Å². The van der Waals surface area contributed by atoms with Crippen LogP contribution in [0.3, 0.4) is 0 Å². The fourth-order valence-electron chi connectivity index (χ4n) is 3.35. The molecule has 3 aromatic rings. The Bertz CT molecular complexity index is 1170. The summed E-state index contributed by atoms with van der Waals surface area (Å²) in [7, 11) is 1.66. The van der Waals surface area contributed by atoms with E-state index in [9.17, 15) is 4.79 Å². The van der Waals surface area contributed by atoms with Crippen molar-refractivity contribution in [2.75, 3.05) is 13.7 Å². The van der Waals surface area contributed by atoms with E-state index in [1.807, 2.05) is 36.4 Å². The number of halogens is 2. The zero-order valence-corrected chi connectivity index (χ0v) is 19.4. The molecule has 30 heavy (non-hydrogen) atoms. The lowest BCUT2D eigenvalue weighted by atomic mass is 10.1. The van der Waals surface area contributed by atoms with E-state index in [2.05, 4.69) is 44.1 Å². The summed E-state index contributed by atoms with van der Waals surface area (Å²) in [4.78, 5) is 13.8. The van der Waals surface area contributed by atoms with Crippen LogP contribution in [0.4, 0.5) is 0 Å². The van der Waals surface area contributed by atoms with Crippen LogP contribution in [0, 0.1) is 0 Å². The molecule has 0 atom stereocenters. The van der Waals surface area contributed by atoms with E-state index in [0.717, 1.165) is 33.9 Å². The summed E-state index contributed by atoms with van der Waals surface area (Å²) in [5.41, 5.74) is 2.51. The number of rotatable bonds is 6. The van der Waals surface area contributed by atoms with Gasteiger partial charge >= 0.3 is 0 Å². The van der Waals surface area contributed by atoms with Gasteiger partial charge in [-0.25, -0.2) is 0 Å². The number of para-hydroxylation sites is 1. The molecule has 2 aromatic carbocycles. The zero-order chi connectivity index (χ0) is 21.3. The number of aromatic nitrogens is 1. The molecule has 0 spiro atoms. The molecule has 1 N–H and O–H groups in total. The number of nitrogens with zero attached hydrogens (tertiary/aromatic N) is 2. The Hall–Kier alpha value is -2.35. The average Bonchev–Trinajstić information content (AvgIpc) is 3.18. The molecule has 1 amide bonds. The number of benzene rings is 2. The molecule has 4 rings (SSSR count). The molecule has 0 aliphatic carbocycles. The molecule has 1 saturated heterocycles. The number of fused-ring (bicyclic) bond motifs is 1. The maximum atomic E-state index is 12.4. The van der Waals surface area contributed by atoms with Gasteiger partial charge in [-0.15, -0.1) is 0 Å². The summed E-state index contributed by atoms with van der Waals surface area (Å²) in [6.45, 7) is 1.32. The molecule has 0 unspecified atom stereocenters. The molecule has 154 valence electrons. The van der Waals surface area contributed by atoms with Gasteiger partial charge in [-0.3, -0.25) is 9.69 Å². The molecule has 8 heteroatoms. The van der Waals surface area contributed by atoms with Crippen molar-refractivity contribution in [3.63, 3.8) is 0 Å². The first-order valence-corrected chi connectivity index (χ1v) is 11.0. The standard InChI is InChI=1S/C22H19BrClN3O2S/c1-26-21(28)18(25-22(26)30)11-14-13-27(19-8-7-15(23)12-16(14)19)9-4-10-29-20-6-3-2-5-17(20)24/h2-3,5-8,11-13H,4,9-10H2,1H3,(H,25,30)/b18-11-. The predicted octanol–water partition coefficient (Wildman–Crippen LogP) is 5.21. The van der Waals surface area contributed by atoms with Gasteiger partial charge in [0, 0.05) is 40.7 Å². The van der Waals surface area contributed by atoms with Crippen molar-refractivity contribution in [1.82, 2.24) is 14.8 Å². The summed E-state index contributed by atoms with van der Waals surface area (Å²) < 4.78 is 8.95. The highest BCUT2D eigenvalue weighted by Gasteiger charge is 2.27. The SMILES string of the molecule is CN1C(=O)/C(=C/c2cn(CCCOc3ccccc3Cl)c3ccc(Br)cc23)NC1=S. The molecule has 2 heterocycles. The van der Waals surface area contributed by atoms with Crippen LogP contribution < -0.4 is 10.1 Å². The van der Waals surface area contributed by atoms with Crippen molar-refractivity contribution in [2.45, 2.75) is 13.0 Å². The van der Waals surface area contributed by atoms with Gasteiger partial charge in [0.1, 0.15) is 11.4 Å². The Morgan fingerprint density at radius 2 is 2.07 bits per heavy atom. The van der Waals surface area contributed by atoms with Crippen LogP contribution in [-0.4, -0.2) is 34.1 Å². The van der Waals surface area contributed by atoms with E-state index >= 15 is 0 Å². The molecular weight excluding hydrogens is 486 g/mol. The van der Waals surface area contributed by atoms with Gasteiger partial charge in [-0.05, 0) is 55.0 Å². The van der Waals surface area contributed by atoms with Crippen molar-refractivity contribution in [3.8, 4) is 5.75 Å². The van der Waals surface area contributed by atoms with E-state index in [-0.39, 0.29) is 5.91 Å². The van der Waals surface area contributed by atoms with Crippen LogP contribution in [0.15, 0.2) is 58.8 Å². The van der Waals surface area contributed by atoms with Gasteiger partial charge in [-0.1, -0.05) is 39.7 Å². The van der Waals surface area contributed by atoms with Crippen LogP contribution in [-0.2, 0) is 11.3 Å². The Balaban J connectivity index is 1.55. The third-order valence-corrected chi connectivity index (χ3v) is 6.07. The molecule has 1 fully saturated rings. The number of hydrogen-bond acceptors (Lipinski definition) is 3. The maximum Gasteiger partial charge on any atom is 0.276 e. The van der Waals surface area contributed by atoms with E-state index in [4.69, 9.17) is 28.6 Å². The van der Waals surface area contributed by atoms with Gasteiger partial charge in [-0.2, -0.15) is 0 Å². The summed E-state index contributed by atoms with van der Waals surface area (Å²) >= 11 is 14.9. The van der Waals surface area contributed by atoms with Gasteiger partial charge in [0.05, 0.1) is 11.6 Å². The maximum absolute atomic E-state index is 12.4. The van der Waals surface area contributed by atoms with Gasteiger partial charge in [0.15, 0.2) is 5.11 Å². The topological polar surface area (TPSA) is 46.5 Å². The number of carbonyl (C=O) groups excluding carboxylic acids is 1. The van der Waals surface area contributed by atoms with Gasteiger partial charge in [0.2, 0.25) is 0 Å². The zero-order valence-electron chi connectivity index (χ0n) is 16.2. The quantitative estimate of drug-likeness (QED) is 0.284. The summed E-state index contributed by atoms with van der Waals surface area (Å²) in [6, 6.07) is 13.6. The summed E-state index contributed by atoms with van der Waals surface area (Å²) in [6.07, 6.45) is 4.71. The van der Waals surface area contributed by atoms with Crippen LogP contribution in [0.5, 0.6) is 5.75 Å². The molecule has 0 saturated carbocycles. The van der Waals surface area contributed by atoms with E-state index in [1.54, 1.807) is 7.05 Å². The number of hydrogen-bond donors (Lipinski definition) is 1. The first-order valence-electron chi connectivity index (χ1n) is 9.40. The minimum atomic E-state index is -0.135. The van der Waals surface area contributed by atoms with Crippen LogP contribution in [0.25, 0.3) is 17.0 Å². The lowest BCUT2D eigenvalue weighted by molar-refractivity contribution is -0.121. The van der Waals surface area contributed by atoms with Crippen molar-refractivity contribution in [3.05, 3.63) is 69.4 Å². The normalized spacial score (nSPS) is 15.3. The lowest BCUT2D eigenvalue weighted by Gasteiger charge is -2.09. The fraction of sp³-hybridized carbons (Fsp3) is 0.182. The van der Waals surface area contributed by atoms with Crippen LogP contribution in [0.2, 0.25) is 5.02 Å².